The van der Waals surface area contributed by atoms with Crippen LogP contribution in [0.5, 0.6) is 0 Å². The Kier molecular flexibility index (Phi) is 6.67. The van der Waals surface area contributed by atoms with Crippen molar-refractivity contribution in [2.45, 2.75) is 33.7 Å². The number of nitrogens with one attached hydrogen (secondary N) is 3. The van der Waals surface area contributed by atoms with Crippen molar-refractivity contribution in [1.82, 2.24) is 0 Å². The molecule has 1 unspecified atom stereocenters. The fraction of sp³-hybridized carbons (Fsp3) is 0.364. The molecule has 150 valence electrons. The van der Waals surface area contributed by atoms with Gasteiger partial charge in [-0.3, -0.25) is 9.59 Å². The Labute approximate surface area is 167 Å². The largest absolute Gasteiger partial charge is 0.378 e. The van der Waals surface area contributed by atoms with Crippen LogP contribution in [0.2, 0.25) is 0 Å². The average molecular weight is 383 g/mol. The van der Waals surface area contributed by atoms with Gasteiger partial charge in [-0.15, -0.1) is 0 Å². The van der Waals surface area contributed by atoms with E-state index in [0.29, 0.717) is 0 Å². The van der Waals surface area contributed by atoms with Crippen molar-refractivity contribution in [3.05, 3.63) is 48.5 Å². The van der Waals surface area contributed by atoms with Gasteiger partial charge in [-0.25, -0.2) is 0 Å². The quantitative estimate of drug-likeness (QED) is 0.701. The molecule has 0 saturated heterocycles. The van der Waals surface area contributed by atoms with Crippen LogP contribution < -0.4 is 20.9 Å². The smallest absolute Gasteiger partial charge is 0.246 e. The summed E-state index contributed by atoms with van der Waals surface area (Å²) in [5.41, 5.74) is 2.91. The van der Waals surface area contributed by atoms with Gasteiger partial charge in [0, 0.05) is 42.3 Å². The zero-order valence-corrected chi connectivity index (χ0v) is 17.5. The fourth-order valence-corrected chi connectivity index (χ4v) is 2.38. The first kappa shape index (κ1) is 21.3. The molecule has 0 radical (unpaired) electrons. The van der Waals surface area contributed by atoms with Crippen LogP contribution in [0.3, 0.4) is 0 Å². The van der Waals surface area contributed by atoms with Crippen LogP contribution in [0, 0.1) is 5.41 Å². The zero-order chi connectivity index (χ0) is 20.9. The summed E-state index contributed by atoms with van der Waals surface area (Å²) in [4.78, 5) is 26.5. The second kappa shape index (κ2) is 8.78. The van der Waals surface area contributed by atoms with E-state index in [1.807, 2.05) is 88.3 Å². The Hall–Kier alpha value is -3.02. The number of anilines is 4. The number of amides is 2. The van der Waals surface area contributed by atoms with Crippen LogP contribution >= 0.6 is 0 Å². The Morgan fingerprint density at radius 3 is 1.79 bits per heavy atom. The molecule has 28 heavy (non-hydrogen) atoms. The molecule has 0 aliphatic carbocycles. The van der Waals surface area contributed by atoms with E-state index in [4.69, 9.17) is 0 Å². The number of hydrogen-bond acceptors (Lipinski definition) is 4. The summed E-state index contributed by atoms with van der Waals surface area (Å²) in [6.07, 6.45) is 0. The third-order valence-corrected chi connectivity index (χ3v) is 4.25. The van der Waals surface area contributed by atoms with E-state index < -0.39 is 11.5 Å². The van der Waals surface area contributed by atoms with E-state index in [-0.39, 0.29) is 11.8 Å². The molecule has 6 nitrogen and oxygen atoms in total. The first-order valence-corrected chi connectivity index (χ1v) is 9.32. The highest BCUT2D eigenvalue weighted by Gasteiger charge is 2.21. The lowest BCUT2D eigenvalue weighted by molar-refractivity contribution is -0.123. The van der Waals surface area contributed by atoms with Crippen LogP contribution in [0.15, 0.2) is 48.5 Å². The van der Waals surface area contributed by atoms with Gasteiger partial charge in [0.25, 0.3) is 0 Å². The summed E-state index contributed by atoms with van der Waals surface area (Å²) < 4.78 is 0. The minimum Gasteiger partial charge on any atom is -0.378 e. The molecule has 1 atom stereocenters. The van der Waals surface area contributed by atoms with Gasteiger partial charge >= 0.3 is 0 Å². The summed E-state index contributed by atoms with van der Waals surface area (Å²) in [5.74, 6) is -0.163. The molecule has 3 N–H and O–H groups in total. The van der Waals surface area contributed by atoms with Crippen LogP contribution in [0.1, 0.15) is 27.7 Å². The number of nitrogens with zero attached hydrogens (tertiary/aromatic N) is 1. The van der Waals surface area contributed by atoms with Gasteiger partial charge in [0.1, 0.15) is 6.04 Å². The molecular weight excluding hydrogens is 352 g/mol. The Morgan fingerprint density at radius 2 is 1.29 bits per heavy atom. The van der Waals surface area contributed by atoms with Gasteiger partial charge < -0.3 is 20.9 Å². The molecule has 0 aromatic heterocycles. The fourth-order valence-electron chi connectivity index (χ4n) is 2.38. The monoisotopic (exact) mass is 382 g/mol. The van der Waals surface area contributed by atoms with Crippen molar-refractivity contribution in [3.8, 4) is 0 Å². The molecule has 0 fully saturated rings. The van der Waals surface area contributed by atoms with Crippen LogP contribution in [-0.2, 0) is 9.59 Å². The highest BCUT2D eigenvalue weighted by molar-refractivity contribution is 5.97. The van der Waals surface area contributed by atoms with Crippen LogP contribution in [0.4, 0.5) is 22.7 Å². The molecule has 0 saturated carbocycles. The normalized spacial score (nSPS) is 12.1. The van der Waals surface area contributed by atoms with E-state index in [2.05, 4.69) is 16.0 Å². The van der Waals surface area contributed by atoms with Crippen molar-refractivity contribution < 1.29 is 9.59 Å². The third kappa shape index (κ3) is 6.01. The highest BCUT2D eigenvalue weighted by atomic mass is 16.2. The molecule has 0 aliphatic rings. The second-order valence-electron chi connectivity index (χ2n) is 8.08. The number of carbonyl (C=O) groups is 2. The SMILES string of the molecule is CC(Nc1ccc(NC(=O)C(C)(C)C)cc1)C(=O)Nc1ccc(N(C)C)cc1. The number of rotatable bonds is 6. The molecule has 2 aromatic carbocycles. The summed E-state index contributed by atoms with van der Waals surface area (Å²) in [6, 6.07) is 14.6. The lowest BCUT2D eigenvalue weighted by Gasteiger charge is -2.19. The van der Waals surface area contributed by atoms with Gasteiger partial charge in [-0.05, 0) is 55.5 Å². The molecule has 0 aliphatic heterocycles. The maximum Gasteiger partial charge on any atom is 0.246 e. The predicted molar refractivity (Wildman–Crippen MR) is 117 cm³/mol. The Balaban J connectivity index is 1.91. The molecule has 2 rings (SSSR count). The topological polar surface area (TPSA) is 73.5 Å². The summed E-state index contributed by atoms with van der Waals surface area (Å²) in [7, 11) is 3.94. The van der Waals surface area contributed by atoms with Crippen molar-refractivity contribution in [3.63, 3.8) is 0 Å². The maximum absolute atomic E-state index is 12.4. The van der Waals surface area contributed by atoms with E-state index in [9.17, 15) is 9.59 Å². The lowest BCUT2D eigenvalue weighted by Crippen LogP contribution is -2.31. The number of hydrogen-bond donors (Lipinski definition) is 3. The summed E-state index contributed by atoms with van der Waals surface area (Å²) >= 11 is 0. The molecule has 0 bridgehead atoms. The van der Waals surface area contributed by atoms with Crippen molar-refractivity contribution in [1.29, 1.82) is 0 Å². The highest BCUT2D eigenvalue weighted by Crippen LogP contribution is 2.20. The van der Waals surface area contributed by atoms with Crippen molar-refractivity contribution in [2.75, 3.05) is 34.9 Å². The standard InChI is InChI=1S/C22H30N4O2/c1-15(20(27)24-17-11-13-19(14-12-17)26(5)6)23-16-7-9-18(10-8-16)25-21(28)22(2,3)4/h7-15,23H,1-6H3,(H,24,27)(H,25,28). The van der Waals surface area contributed by atoms with Crippen LogP contribution in [0.25, 0.3) is 0 Å². The van der Waals surface area contributed by atoms with E-state index in [0.717, 1.165) is 22.7 Å². The van der Waals surface area contributed by atoms with Gasteiger partial charge in [-0.2, -0.15) is 0 Å². The van der Waals surface area contributed by atoms with Crippen molar-refractivity contribution in [2.24, 2.45) is 5.41 Å². The van der Waals surface area contributed by atoms with E-state index >= 15 is 0 Å². The molecule has 6 heteroatoms. The zero-order valence-electron chi connectivity index (χ0n) is 17.5. The molecule has 0 spiro atoms. The van der Waals surface area contributed by atoms with Gasteiger partial charge in [0.15, 0.2) is 0 Å². The average Bonchev–Trinajstić information content (AvgIpc) is 2.62. The number of carbonyl (C=O) groups excluding carboxylic acids is 2. The van der Waals surface area contributed by atoms with Crippen LogP contribution in [-0.4, -0.2) is 32.0 Å². The Bertz CT molecular complexity index is 806. The maximum atomic E-state index is 12.4. The number of benzene rings is 2. The molecule has 2 amide bonds. The third-order valence-electron chi connectivity index (χ3n) is 4.25. The van der Waals surface area contributed by atoms with E-state index in [1.165, 1.54) is 0 Å². The van der Waals surface area contributed by atoms with Crippen molar-refractivity contribution >= 4 is 34.6 Å². The van der Waals surface area contributed by atoms with E-state index in [1.54, 1.807) is 6.92 Å². The minimum absolute atomic E-state index is 0.0405. The molecular formula is C22H30N4O2. The molecule has 2 aromatic rings. The first-order valence-electron chi connectivity index (χ1n) is 9.32. The van der Waals surface area contributed by atoms with Gasteiger partial charge in [0.2, 0.25) is 11.8 Å². The first-order chi connectivity index (χ1) is 13.1. The minimum atomic E-state index is -0.450. The molecule has 0 heterocycles. The van der Waals surface area contributed by atoms with Gasteiger partial charge in [-0.1, -0.05) is 20.8 Å². The Morgan fingerprint density at radius 1 is 0.821 bits per heavy atom. The van der Waals surface area contributed by atoms with Gasteiger partial charge in [0.05, 0.1) is 0 Å². The summed E-state index contributed by atoms with van der Waals surface area (Å²) in [6.45, 7) is 7.41. The lowest BCUT2D eigenvalue weighted by atomic mass is 9.95. The predicted octanol–water partition coefficient (Wildman–Crippen LogP) is 4.18. The summed E-state index contributed by atoms with van der Waals surface area (Å²) in [5, 5.41) is 8.96. The second-order valence-corrected chi connectivity index (χ2v) is 8.08.